The number of benzene rings is 2. The summed E-state index contributed by atoms with van der Waals surface area (Å²) in [5, 5.41) is 0. The van der Waals surface area contributed by atoms with Crippen molar-refractivity contribution in [2.75, 3.05) is 26.2 Å². The van der Waals surface area contributed by atoms with Gasteiger partial charge in [0.2, 0.25) is 10.0 Å². The minimum Gasteiger partial charge on any atom is -0.336 e. The van der Waals surface area contributed by atoms with Crippen LogP contribution < -0.4 is 0 Å². The molecule has 1 amide bonds. The molecule has 0 spiro atoms. The van der Waals surface area contributed by atoms with Crippen LogP contribution in [0.5, 0.6) is 0 Å². The highest BCUT2D eigenvalue weighted by molar-refractivity contribution is 7.89. The summed E-state index contributed by atoms with van der Waals surface area (Å²) in [5.74, 6) is -0.0421. The van der Waals surface area contributed by atoms with Crippen molar-refractivity contribution in [3.05, 3.63) is 63.7 Å². The van der Waals surface area contributed by atoms with Crippen LogP contribution in [-0.4, -0.2) is 49.7 Å². The third-order valence-electron chi connectivity index (χ3n) is 5.69. The van der Waals surface area contributed by atoms with Gasteiger partial charge in [0.25, 0.3) is 5.91 Å². The molecule has 1 saturated heterocycles. The van der Waals surface area contributed by atoms with Crippen LogP contribution in [0.4, 0.5) is 0 Å². The smallest absolute Gasteiger partial charge is 0.253 e. The molecule has 0 unspecified atom stereocenters. The minimum atomic E-state index is -3.59. The average molecular weight is 401 g/mol. The zero-order valence-electron chi connectivity index (χ0n) is 17.2. The quantitative estimate of drug-likeness (QED) is 0.794. The van der Waals surface area contributed by atoms with Crippen molar-refractivity contribution in [2.45, 2.75) is 39.5 Å². The normalized spacial score (nSPS) is 15.7. The number of aryl methyl sites for hydroxylation is 3. The van der Waals surface area contributed by atoms with Crippen molar-refractivity contribution in [2.24, 2.45) is 0 Å². The molecule has 3 rings (SSSR count). The van der Waals surface area contributed by atoms with E-state index in [0.717, 1.165) is 27.8 Å². The maximum atomic E-state index is 13.3. The van der Waals surface area contributed by atoms with Gasteiger partial charge in [0, 0.05) is 31.7 Å². The van der Waals surface area contributed by atoms with E-state index < -0.39 is 10.0 Å². The predicted octanol–water partition coefficient (Wildman–Crippen LogP) is 3.38. The molecular formula is C22H28N2O3S. The largest absolute Gasteiger partial charge is 0.336 e. The van der Waals surface area contributed by atoms with E-state index in [2.05, 4.69) is 0 Å². The molecular weight excluding hydrogens is 372 g/mol. The fraction of sp³-hybridized carbons (Fsp3) is 0.409. The number of carbonyl (C=O) groups excluding carboxylic acids is 1. The van der Waals surface area contributed by atoms with E-state index >= 15 is 0 Å². The Kier molecular flexibility index (Phi) is 5.64. The first-order chi connectivity index (χ1) is 13.1. The van der Waals surface area contributed by atoms with E-state index in [0.29, 0.717) is 36.6 Å². The molecule has 0 aromatic heterocycles. The van der Waals surface area contributed by atoms with Crippen LogP contribution in [-0.2, 0) is 10.0 Å². The topological polar surface area (TPSA) is 57.7 Å². The summed E-state index contributed by atoms with van der Waals surface area (Å²) in [6, 6.07) is 9.53. The van der Waals surface area contributed by atoms with Gasteiger partial charge >= 0.3 is 0 Å². The van der Waals surface area contributed by atoms with Gasteiger partial charge in [-0.05, 0) is 69.0 Å². The van der Waals surface area contributed by atoms with Crippen molar-refractivity contribution in [3.8, 4) is 0 Å². The number of amides is 1. The Morgan fingerprint density at radius 2 is 1.43 bits per heavy atom. The molecule has 0 radical (unpaired) electrons. The van der Waals surface area contributed by atoms with E-state index in [1.54, 1.807) is 11.0 Å². The number of nitrogens with zero attached hydrogens (tertiary/aromatic N) is 2. The second kappa shape index (κ2) is 7.68. The average Bonchev–Trinajstić information content (AvgIpc) is 2.66. The third kappa shape index (κ3) is 3.71. The van der Waals surface area contributed by atoms with Crippen LogP contribution in [0.3, 0.4) is 0 Å². The molecule has 0 bridgehead atoms. The molecule has 150 valence electrons. The molecule has 0 atom stereocenters. The summed E-state index contributed by atoms with van der Waals surface area (Å²) in [4.78, 5) is 14.9. The van der Waals surface area contributed by atoms with Crippen molar-refractivity contribution < 1.29 is 13.2 Å². The fourth-order valence-electron chi connectivity index (χ4n) is 3.79. The number of hydrogen-bond acceptors (Lipinski definition) is 3. The maximum absolute atomic E-state index is 13.3. The molecule has 1 fully saturated rings. The molecule has 0 N–H and O–H groups in total. The van der Waals surface area contributed by atoms with Crippen LogP contribution in [0.15, 0.2) is 35.2 Å². The molecule has 6 heteroatoms. The highest BCUT2D eigenvalue weighted by Crippen LogP contribution is 2.29. The molecule has 1 heterocycles. The van der Waals surface area contributed by atoms with E-state index in [1.165, 1.54) is 4.31 Å². The summed E-state index contributed by atoms with van der Waals surface area (Å²) >= 11 is 0. The lowest BCUT2D eigenvalue weighted by molar-refractivity contribution is 0.0697. The summed E-state index contributed by atoms with van der Waals surface area (Å²) in [5.41, 5.74) is 5.26. The predicted molar refractivity (Wildman–Crippen MR) is 111 cm³/mol. The van der Waals surface area contributed by atoms with Crippen LogP contribution in [0.25, 0.3) is 0 Å². The molecule has 1 aliphatic heterocycles. The van der Waals surface area contributed by atoms with Crippen molar-refractivity contribution in [3.63, 3.8) is 0 Å². The van der Waals surface area contributed by atoms with Crippen LogP contribution >= 0.6 is 0 Å². The second-order valence-corrected chi connectivity index (χ2v) is 9.53. The number of rotatable bonds is 3. The third-order valence-corrected chi connectivity index (χ3v) is 7.86. The molecule has 0 saturated carbocycles. The standard InChI is InChI=1S/C22H28N2O3S/c1-15-7-6-8-20(13-15)22(25)23-9-11-24(12-10-23)28(26,27)21-18(4)16(2)14-17(3)19(21)5/h6-8,13-14H,9-12H2,1-5H3. The highest BCUT2D eigenvalue weighted by atomic mass is 32.2. The SMILES string of the molecule is Cc1cccc(C(=O)N2CCN(S(=O)(=O)c3c(C)c(C)cc(C)c3C)CC2)c1. The van der Waals surface area contributed by atoms with E-state index in [4.69, 9.17) is 0 Å². The number of carbonyl (C=O) groups is 1. The Morgan fingerprint density at radius 1 is 0.857 bits per heavy atom. The Hall–Kier alpha value is -2.18. The Labute approximate surface area is 168 Å². The summed E-state index contributed by atoms with van der Waals surface area (Å²) in [7, 11) is -3.59. The summed E-state index contributed by atoms with van der Waals surface area (Å²) in [6.45, 7) is 11.0. The Balaban J connectivity index is 1.81. The zero-order valence-corrected chi connectivity index (χ0v) is 18.1. The highest BCUT2D eigenvalue weighted by Gasteiger charge is 2.33. The van der Waals surface area contributed by atoms with Gasteiger partial charge in [-0.3, -0.25) is 4.79 Å². The van der Waals surface area contributed by atoms with Crippen LogP contribution in [0, 0.1) is 34.6 Å². The number of hydrogen-bond donors (Lipinski definition) is 0. The van der Waals surface area contributed by atoms with Gasteiger partial charge < -0.3 is 4.90 Å². The molecule has 2 aromatic carbocycles. The second-order valence-electron chi connectivity index (χ2n) is 7.66. The van der Waals surface area contributed by atoms with E-state index in [-0.39, 0.29) is 5.91 Å². The maximum Gasteiger partial charge on any atom is 0.253 e. The molecule has 28 heavy (non-hydrogen) atoms. The van der Waals surface area contributed by atoms with Crippen molar-refractivity contribution >= 4 is 15.9 Å². The van der Waals surface area contributed by atoms with E-state index in [1.807, 2.05) is 58.9 Å². The lowest BCUT2D eigenvalue weighted by Crippen LogP contribution is -2.50. The van der Waals surface area contributed by atoms with E-state index in [9.17, 15) is 13.2 Å². The first-order valence-corrected chi connectivity index (χ1v) is 11.0. The first kappa shape index (κ1) is 20.6. The lowest BCUT2D eigenvalue weighted by atomic mass is 10.0. The summed E-state index contributed by atoms with van der Waals surface area (Å²) in [6.07, 6.45) is 0. The molecule has 0 aliphatic carbocycles. The van der Waals surface area contributed by atoms with Gasteiger partial charge in [-0.1, -0.05) is 23.8 Å². The van der Waals surface area contributed by atoms with Gasteiger partial charge in [-0.15, -0.1) is 0 Å². The lowest BCUT2D eigenvalue weighted by Gasteiger charge is -2.35. The molecule has 5 nitrogen and oxygen atoms in total. The zero-order chi connectivity index (χ0) is 20.6. The Morgan fingerprint density at radius 3 is 1.96 bits per heavy atom. The van der Waals surface area contributed by atoms with Crippen LogP contribution in [0.1, 0.15) is 38.2 Å². The van der Waals surface area contributed by atoms with Crippen LogP contribution in [0.2, 0.25) is 0 Å². The van der Waals surface area contributed by atoms with Gasteiger partial charge in [-0.2, -0.15) is 4.31 Å². The monoisotopic (exact) mass is 400 g/mol. The fourth-order valence-corrected chi connectivity index (χ4v) is 5.79. The number of piperazine rings is 1. The van der Waals surface area contributed by atoms with Gasteiger partial charge in [0.1, 0.15) is 0 Å². The molecule has 1 aliphatic rings. The van der Waals surface area contributed by atoms with Gasteiger partial charge in [0.05, 0.1) is 4.90 Å². The summed E-state index contributed by atoms with van der Waals surface area (Å²) < 4.78 is 28.2. The Bertz CT molecular complexity index is 994. The first-order valence-electron chi connectivity index (χ1n) is 9.56. The van der Waals surface area contributed by atoms with Gasteiger partial charge in [0.15, 0.2) is 0 Å². The van der Waals surface area contributed by atoms with Crippen molar-refractivity contribution in [1.29, 1.82) is 0 Å². The minimum absolute atomic E-state index is 0.0421. The number of sulfonamides is 1. The van der Waals surface area contributed by atoms with Gasteiger partial charge in [-0.25, -0.2) is 8.42 Å². The molecule has 2 aromatic rings. The van der Waals surface area contributed by atoms with Crippen molar-refractivity contribution in [1.82, 2.24) is 9.21 Å².